The zero-order chi connectivity index (χ0) is 18.5. The maximum absolute atomic E-state index is 12.4. The summed E-state index contributed by atoms with van der Waals surface area (Å²) in [5, 5.41) is 8.72. The fraction of sp³-hybridized carbons (Fsp3) is 0.263. The molecule has 0 fully saturated rings. The van der Waals surface area contributed by atoms with E-state index in [0.717, 1.165) is 23.6 Å². The lowest BCUT2D eigenvalue weighted by Gasteiger charge is -2.07. The summed E-state index contributed by atoms with van der Waals surface area (Å²) in [4.78, 5) is 24.5. The highest BCUT2D eigenvalue weighted by atomic mass is 16.2. The smallest absolute Gasteiger partial charge is 0.287 e. The zero-order valence-electron chi connectivity index (χ0n) is 14.9. The molecule has 2 amide bonds. The summed E-state index contributed by atoms with van der Waals surface area (Å²) in [6.07, 6.45) is 5.18. The third kappa shape index (κ3) is 4.05. The number of amides is 2. The Balaban J connectivity index is 1.75. The van der Waals surface area contributed by atoms with Crippen molar-refractivity contribution in [1.82, 2.24) is 15.1 Å². The van der Waals surface area contributed by atoms with Gasteiger partial charge in [0, 0.05) is 22.8 Å². The number of nitrogens with one attached hydrogen (secondary N) is 2. The minimum absolute atomic E-state index is 0.0739. The van der Waals surface area contributed by atoms with Crippen molar-refractivity contribution in [3.05, 3.63) is 60.2 Å². The van der Waals surface area contributed by atoms with Gasteiger partial charge in [-0.15, -0.1) is 9.36 Å². The van der Waals surface area contributed by atoms with Gasteiger partial charge in [0.05, 0.1) is 7.05 Å². The van der Waals surface area contributed by atoms with Gasteiger partial charge in [0.25, 0.3) is 18.1 Å². The highest BCUT2D eigenvalue weighted by Gasteiger charge is 2.11. The molecule has 0 radical (unpaired) electrons. The molecule has 3 aromatic rings. The summed E-state index contributed by atoms with van der Waals surface area (Å²) in [6.45, 7) is 2.77. The minimum Gasteiger partial charge on any atom is -0.352 e. The minimum atomic E-state index is -0.230. The summed E-state index contributed by atoms with van der Waals surface area (Å²) in [7, 11) is 1.77. The van der Waals surface area contributed by atoms with Crippen LogP contribution in [0.2, 0.25) is 0 Å². The lowest BCUT2D eigenvalue weighted by molar-refractivity contribution is -0.642. The molecule has 3 rings (SSSR count). The van der Waals surface area contributed by atoms with E-state index in [1.807, 2.05) is 18.2 Å². The van der Waals surface area contributed by atoms with Gasteiger partial charge in [-0.3, -0.25) is 9.59 Å². The number of aryl methyl sites for hydroxylation is 1. The lowest BCUT2D eigenvalue weighted by atomic mass is 10.0. The van der Waals surface area contributed by atoms with Crippen LogP contribution in [0.3, 0.4) is 0 Å². The standard InChI is InChI=1S/C19H21N5O2/c1-3-4-9-20-18(25)16-7-5-15-11-17(8-6-14(15)10-16)19(26)22-24-12-21-23(2)13-24/h5-8,10-13H,3-4,9H2,1-2H3,(H-,20,22,25,26)/p+1. The van der Waals surface area contributed by atoms with Gasteiger partial charge >= 0.3 is 0 Å². The molecule has 0 bridgehead atoms. The first kappa shape index (κ1) is 17.6. The fourth-order valence-corrected chi connectivity index (χ4v) is 2.63. The number of benzene rings is 2. The lowest BCUT2D eigenvalue weighted by Crippen LogP contribution is -2.46. The average molecular weight is 352 g/mol. The summed E-state index contributed by atoms with van der Waals surface area (Å²) >= 11 is 0. The van der Waals surface area contributed by atoms with E-state index < -0.39 is 0 Å². The normalized spacial score (nSPS) is 10.7. The van der Waals surface area contributed by atoms with Crippen LogP contribution in [0.5, 0.6) is 0 Å². The average Bonchev–Trinajstić information content (AvgIpc) is 3.05. The van der Waals surface area contributed by atoms with Crippen molar-refractivity contribution in [2.24, 2.45) is 7.05 Å². The first-order valence-electron chi connectivity index (χ1n) is 8.60. The number of unbranched alkanes of at least 4 members (excludes halogenated alkanes) is 1. The van der Waals surface area contributed by atoms with Crippen LogP contribution in [0.25, 0.3) is 10.8 Å². The van der Waals surface area contributed by atoms with Crippen molar-refractivity contribution in [3.8, 4) is 0 Å². The quantitative estimate of drug-likeness (QED) is 0.524. The predicted octanol–water partition coefficient (Wildman–Crippen LogP) is 1.77. The zero-order valence-corrected chi connectivity index (χ0v) is 14.9. The van der Waals surface area contributed by atoms with Gasteiger partial charge in [0.1, 0.15) is 0 Å². The fourth-order valence-electron chi connectivity index (χ4n) is 2.63. The highest BCUT2D eigenvalue weighted by molar-refractivity contribution is 6.03. The van der Waals surface area contributed by atoms with Crippen LogP contribution in [-0.2, 0) is 7.05 Å². The van der Waals surface area contributed by atoms with E-state index in [0.29, 0.717) is 17.7 Å². The molecular formula is C19H22N5O2+. The molecule has 0 spiro atoms. The van der Waals surface area contributed by atoms with E-state index in [1.165, 1.54) is 11.0 Å². The predicted molar refractivity (Wildman–Crippen MR) is 98.3 cm³/mol. The van der Waals surface area contributed by atoms with Crippen LogP contribution in [0.15, 0.2) is 49.1 Å². The number of aromatic nitrogens is 3. The number of hydrogen-bond acceptors (Lipinski definition) is 3. The second kappa shape index (κ2) is 7.77. The molecule has 2 N–H and O–H groups in total. The van der Waals surface area contributed by atoms with E-state index in [4.69, 9.17) is 0 Å². The van der Waals surface area contributed by atoms with E-state index in [1.54, 1.807) is 36.3 Å². The molecule has 0 atom stereocenters. The largest absolute Gasteiger partial charge is 0.352 e. The topological polar surface area (TPSA) is 79.9 Å². The maximum atomic E-state index is 12.4. The third-order valence-electron chi connectivity index (χ3n) is 4.06. The molecule has 0 saturated heterocycles. The van der Waals surface area contributed by atoms with Crippen LogP contribution >= 0.6 is 0 Å². The Morgan fingerprint density at radius 2 is 1.73 bits per heavy atom. The van der Waals surface area contributed by atoms with Crippen molar-refractivity contribution in [2.75, 3.05) is 12.0 Å². The Hall–Kier alpha value is -3.22. The van der Waals surface area contributed by atoms with Crippen molar-refractivity contribution in [3.63, 3.8) is 0 Å². The van der Waals surface area contributed by atoms with Crippen LogP contribution in [0.1, 0.15) is 40.5 Å². The second-order valence-electron chi connectivity index (χ2n) is 6.15. The monoisotopic (exact) mass is 352 g/mol. The van der Waals surface area contributed by atoms with Crippen molar-refractivity contribution in [2.45, 2.75) is 19.8 Å². The summed E-state index contributed by atoms with van der Waals surface area (Å²) in [5.41, 5.74) is 3.89. The molecule has 7 heteroatoms. The Kier molecular flexibility index (Phi) is 5.26. The number of carbonyl (C=O) groups excluding carboxylic acids is 2. The Morgan fingerprint density at radius 3 is 2.31 bits per heavy atom. The van der Waals surface area contributed by atoms with Crippen LogP contribution in [0.4, 0.5) is 0 Å². The van der Waals surface area contributed by atoms with E-state index in [-0.39, 0.29) is 11.8 Å². The van der Waals surface area contributed by atoms with Gasteiger partial charge < -0.3 is 5.32 Å². The highest BCUT2D eigenvalue weighted by Crippen LogP contribution is 2.18. The van der Waals surface area contributed by atoms with Gasteiger partial charge in [0.15, 0.2) is 0 Å². The van der Waals surface area contributed by atoms with Gasteiger partial charge in [-0.05, 0) is 41.5 Å². The van der Waals surface area contributed by atoms with E-state index in [2.05, 4.69) is 22.8 Å². The third-order valence-corrected chi connectivity index (χ3v) is 4.06. The molecule has 0 aliphatic carbocycles. The summed E-state index contributed by atoms with van der Waals surface area (Å²) < 4.78 is 3.09. The first-order chi connectivity index (χ1) is 12.6. The van der Waals surface area contributed by atoms with Gasteiger partial charge in [-0.1, -0.05) is 25.5 Å². The van der Waals surface area contributed by atoms with Gasteiger partial charge in [-0.2, -0.15) is 0 Å². The van der Waals surface area contributed by atoms with E-state index >= 15 is 0 Å². The molecule has 134 valence electrons. The number of nitrogens with zero attached hydrogens (tertiary/aromatic N) is 3. The van der Waals surface area contributed by atoms with Crippen LogP contribution in [0, 0.1) is 0 Å². The van der Waals surface area contributed by atoms with Crippen molar-refractivity contribution < 1.29 is 14.3 Å². The number of fused-ring (bicyclic) bond motifs is 1. The van der Waals surface area contributed by atoms with Gasteiger partial charge in [0.2, 0.25) is 6.33 Å². The number of hydrogen-bond donors (Lipinski definition) is 2. The van der Waals surface area contributed by atoms with Crippen LogP contribution < -0.4 is 15.4 Å². The summed E-state index contributed by atoms with van der Waals surface area (Å²) in [5.74, 6) is -0.304. The van der Waals surface area contributed by atoms with Crippen LogP contribution in [-0.4, -0.2) is 28.1 Å². The molecule has 7 nitrogen and oxygen atoms in total. The molecule has 0 aliphatic rings. The molecule has 1 aromatic heterocycles. The van der Waals surface area contributed by atoms with Crippen molar-refractivity contribution >= 4 is 22.6 Å². The molecule has 1 heterocycles. The van der Waals surface area contributed by atoms with Gasteiger partial charge in [-0.25, -0.2) is 5.43 Å². The Bertz CT molecular complexity index is 948. The molecule has 26 heavy (non-hydrogen) atoms. The summed E-state index contributed by atoms with van der Waals surface area (Å²) in [6, 6.07) is 10.9. The van der Waals surface area contributed by atoms with Crippen molar-refractivity contribution in [1.29, 1.82) is 0 Å². The number of carbonyl (C=O) groups is 2. The molecule has 0 aliphatic heterocycles. The maximum Gasteiger partial charge on any atom is 0.287 e. The van der Waals surface area contributed by atoms with E-state index in [9.17, 15) is 9.59 Å². The molecule has 2 aromatic carbocycles. The molecule has 0 saturated carbocycles. The second-order valence-corrected chi connectivity index (χ2v) is 6.15. The Morgan fingerprint density at radius 1 is 1.08 bits per heavy atom. The SMILES string of the molecule is CCCCNC(=O)c1ccc2cc(C(=O)N[n+]3cnn(C)c3)ccc2c1. The number of rotatable bonds is 6. The molecular weight excluding hydrogens is 330 g/mol. The first-order valence-corrected chi connectivity index (χ1v) is 8.60. The Labute approximate surface area is 151 Å². The molecule has 0 unspecified atom stereocenters.